The second-order valence-corrected chi connectivity index (χ2v) is 11.4. The molecule has 264 valence electrons. The molecule has 12 nitrogen and oxygen atoms in total. The Bertz CT molecular complexity index is 1210. The molecule has 4 rings (SSSR count). The van der Waals surface area contributed by atoms with E-state index in [0.29, 0.717) is 62.0 Å². The summed E-state index contributed by atoms with van der Waals surface area (Å²) >= 11 is 15.8. The van der Waals surface area contributed by atoms with Crippen molar-refractivity contribution in [1.82, 2.24) is 0 Å². The van der Waals surface area contributed by atoms with Crippen LogP contribution in [0.25, 0.3) is 0 Å². The number of morpholine rings is 2. The van der Waals surface area contributed by atoms with Crippen molar-refractivity contribution in [2.75, 3.05) is 85.2 Å². The Hall–Kier alpha value is -2.84. The van der Waals surface area contributed by atoms with E-state index in [2.05, 4.69) is 15.1 Å². The van der Waals surface area contributed by atoms with Gasteiger partial charge in [-0.2, -0.15) is 0 Å². The molecule has 0 atom stereocenters. The van der Waals surface area contributed by atoms with Crippen LogP contribution in [0.15, 0.2) is 36.4 Å². The van der Waals surface area contributed by atoms with Crippen LogP contribution in [-0.2, 0) is 37.1 Å². The Balaban J connectivity index is 0.000000368. The highest BCUT2D eigenvalue weighted by Gasteiger charge is 2.16. The average Bonchev–Trinajstić information content (AvgIpc) is 3.07. The number of aliphatic hydroxyl groups is 2. The first-order valence-electron chi connectivity index (χ1n) is 15.2. The molecule has 0 saturated carbocycles. The van der Waals surface area contributed by atoms with Gasteiger partial charge in [0.2, 0.25) is 11.1 Å². The first kappa shape index (κ1) is 42.2. The van der Waals surface area contributed by atoms with Crippen LogP contribution in [0.2, 0.25) is 0 Å². The van der Waals surface area contributed by atoms with Gasteiger partial charge in [-0.25, -0.2) is 0 Å². The average molecular weight is 722 g/mol. The van der Waals surface area contributed by atoms with Gasteiger partial charge in [-0.1, -0.05) is 0 Å². The zero-order chi connectivity index (χ0) is 35.0. The van der Waals surface area contributed by atoms with Crippen molar-refractivity contribution in [3.63, 3.8) is 0 Å². The van der Waals surface area contributed by atoms with E-state index in [4.69, 9.17) is 59.9 Å². The Morgan fingerprint density at radius 2 is 1.26 bits per heavy atom. The number of nitrogens with two attached hydrogens (primary N) is 1. The zero-order valence-corrected chi connectivity index (χ0v) is 29.0. The number of carboxylic acid groups (broad SMARTS) is 1. The molecule has 2 aliphatic rings. The number of amides is 1. The van der Waals surface area contributed by atoms with E-state index in [-0.39, 0.29) is 24.4 Å². The first-order valence-corrected chi connectivity index (χ1v) is 16.7. The Morgan fingerprint density at radius 3 is 1.68 bits per heavy atom. The standard InChI is InChI=1S/C15H21ClN2O3.C11H16N2O2.C4H6Cl2O.C2H4O2/c16-5-1-2-15(20)17-13-3-4-14(12(10-13)11-19)18-6-8-21-9-7-18;12-10-1-2-11(9(7-10)8-14)13-3-5-15-6-4-13;5-3-1-2-4(6)7;1-2(3)4/h3-4,10,19H,1-2,5-9,11H2,(H,17,20);1-2,7,14H,3-6,8,12H2;1-3H2;1H3,(H,3,4). The number of benzene rings is 2. The number of nitrogens with one attached hydrogen (secondary N) is 1. The fourth-order valence-corrected chi connectivity index (χ4v) is 4.81. The quantitative estimate of drug-likeness (QED) is 0.126. The number of anilines is 4. The lowest BCUT2D eigenvalue weighted by molar-refractivity contribution is -0.134. The van der Waals surface area contributed by atoms with Gasteiger partial charge in [-0.15, -0.1) is 23.2 Å². The minimum atomic E-state index is -0.833. The Labute approximate surface area is 291 Å². The monoisotopic (exact) mass is 720 g/mol. The Morgan fingerprint density at radius 1 is 0.809 bits per heavy atom. The third-order valence-electron chi connectivity index (χ3n) is 6.56. The minimum absolute atomic E-state index is 0.0255. The molecule has 0 radical (unpaired) electrons. The van der Waals surface area contributed by atoms with Crippen LogP contribution >= 0.6 is 34.8 Å². The van der Waals surface area contributed by atoms with Gasteiger partial charge in [-0.05, 0) is 60.8 Å². The van der Waals surface area contributed by atoms with Gasteiger partial charge < -0.3 is 45.6 Å². The Kier molecular flexibility index (Phi) is 22.6. The number of carboxylic acids is 1. The molecule has 2 aromatic carbocycles. The minimum Gasteiger partial charge on any atom is -0.481 e. The van der Waals surface area contributed by atoms with Crippen molar-refractivity contribution in [1.29, 1.82) is 0 Å². The largest absolute Gasteiger partial charge is 0.481 e. The fourth-order valence-electron chi connectivity index (χ4n) is 4.40. The van der Waals surface area contributed by atoms with Gasteiger partial charge in [0.05, 0.1) is 39.6 Å². The van der Waals surface area contributed by atoms with Gasteiger partial charge in [-0.3, -0.25) is 14.4 Å². The number of nitrogen functional groups attached to an aromatic ring is 1. The number of carbonyl (C=O) groups excluding carboxylic acids is 2. The SMILES string of the molecule is CC(=O)O.Nc1ccc(N2CCOCC2)c(CO)c1.O=C(CCCCl)Nc1ccc(N2CCOCC2)c(CO)c1.O=C(Cl)CCCCl. The second-order valence-electron chi connectivity index (χ2n) is 10.3. The van der Waals surface area contributed by atoms with E-state index in [1.165, 1.54) is 0 Å². The van der Waals surface area contributed by atoms with Gasteiger partial charge in [0, 0.05) is 91.6 Å². The molecule has 2 heterocycles. The number of hydrogen-bond donors (Lipinski definition) is 5. The molecule has 0 aliphatic carbocycles. The number of halogens is 3. The molecule has 2 aliphatic heterocycles. The summed E-state index contributed by atoms with van der Waals surface area (Å²) in [4.78, 5) is 35.0. The van der Waals surface area contributed by atoms with Crippen molar-refractivity contribution in [3.8, 4) is 0 Å². The summed E-state index contributed by atoms with van der Waals surface area (Å²) in [6.07, 6.45) is 2.14. The number of aliphatic carboxylic acids is 1. The van der Waals surface area contributed by atoms with Crippen LogP contribution in [0.5, 0.6) is 0 Å². The predicted molar refractivity (Wildman–Crippen MR) is 188 cm³/mol. The molecule has 1 amide bonds. The van der Waals surface area contributed by atoms with Crippen LogP contribution in [-0.4, -0.2) is 96.8 Å². The third-order valence-corrected chi connectivity index (χ3v) is 7.28. The fraction of sp³-hybridized carbons (Fsp3) is 0.531. The molecule has 2 fully saturated rings. The molecular formula is C32H47Cl3N4O8. The molecule has 15 heteroatoms. The summed E-state index contributed by atoms with van der Waals surface area (Å²) in [6, 6.07) is 11.3. The summed E-state index contributed by atoms with van der Waals surface area (Å²) in [6.45, 7) is 7.31. The number of carbonyl (C=O) groups is 3. The lowest BCUT2D eigenvalue weighted by Crippen LogP contribution is -2.36. The summed E-state index contributed by atoms with van der Waals surface area (Å²) < 4.78 is 10.6. The van der Waals surface area contributed by atoms with Crippen molar-refractivity contribution in [3.05, 3.63) is 47.5 Å². The topological polar surface area (TPSA) is 175 Å². The second kappa shape index (κ2) is 25.2. The van der Waals surface area contributed by atoms with Gasteiger partial charge in [0.15, 0.2) is 0 Å². The maximum absolute atomic E-state index is 11.7. The van der Waals surface area contributed by atoms with Gasteiger partial charge >= 0.3 is 0 Å². The predicted octanol–water partition coefficient (Wildman–Crippen LogP) is 4.43. The molecule has 2 saturated heterocycles. The van der Waals surface area contributed by atoms with E-state index in [1.807, 2.05) is 36.4 Å². The summed E-state index contributed by atoms with van der Waals surface area (Å²) in [5, 5.41) is 28.8. The van der Waals surface area contributed by atoms with Crippen molar-refractivity contribution < 1.29 is 39.2 Å². The summed E-state index contributed by atoms with van der Waals surface area (Å²) in [7, 11) is 0. The van der Waals surface area contributed by atoms with Crippen LogP contribution in [0.1, 0.15) is 43.7 Å². The number of rotatable bonds is 11. The lowest BCUT2D eigenvalue weighted by atomic mass is 10.1. The molecule has 47 heavy (non-hydrogen) atoms. The number of aliphatic hydroxyl groups excluding tert-OH is 2. The number of ether oxygens (including phenoxy) is 2. The highest BCUT2D eigenvalue weighted by molar-refractivity contribution is 6.63. The lowest BCUT2D eigenvalue weighted by Gasteiger charge is -2.30. The third kappa shape index (κ3) is 18.3. The highest BCUT2D eigenvalue weighted by Crippen LogP contribution is 2.26. The maximum Gasteiger partial charge on any atom is 0.300 e. The first-order chi connectivity index (χ1) is 22.6. The summed E-state index contributed by atoms with van der Waals surface area (Å²) in [5.74, 6) is 0.0997. The zero-order valence-electron chi connectivity index (χ0n) is 26.8. The van der Waals surface area contributed by atoms with E-state index < -0.39 is 5.97 Å². The van der Waals surface area contributed by atoms with E-state index in [1.54, 1.807) is 0 Å². The molecule has 0 spiro atoms. The smallest absolute Gasteiger partial charge is 0.300 e. The molecule has 0 bridgehead atoms. The number of alkyl halides is 2. The van der Waals surface area contributed by atoms with Crippen molar-refractivity contribution in [2.45, 2.75) is 45.8 Å². The van der Waals surface area contributed by atoms with Crippen LogP contribution < -0.4 is 20.9 Å². The molecule has 0 aromatic heterocycles. The van der Waals surface area contributed by atoms with Crippen molar-refractivity contribution >= 4 is 74.7 Å². The number of nitrogens with zero attached hydrogens (tertiary/aromatic N) is 2. The van der Waals surface area contributed by atoms with Gasteiger partial charge in [0.25, 0.3) is 5.97 Å². The maximum atomic E-state index is 11.7. The van der Waals surface area contributed by atoms with Crippen LogP contribution in [0.4, 0.5) is 22.7 Å². The van der Waals surface area contributed by atoms with Crippen molar-refractivity contribution in [2.24, 2.45) is 0 Å². The number of hydrogen-bond acceptors (Lipinski definition) is 10. The molecule has 2 aromatic rings. The summed E-state index contributed by atoms with van der Waals surface area (Å²) in [5.41, 5.74) is 10.8. The van der Waals surface area contributed by atoms with Gasteiger partial charge in [0.1, 0.15) is 0 Å². The molecular weight excluding hydrogens is 675 g/mol. The molecule has 6 N–H and O–H groups in total. The molecule has 0 unspecified atom stereocenters. The van der Waals surface area contributed by atoms with Crippen LogP contribution in [0.3, 0.4) is 0 Å². The van der Waals surface area contributed by atoms with E-state index in [0.717, 1.165) is 68.8 Å². The van der Waals surface area contributed by atoms with Crippen LogP contribution in [0, 0.1) is 0 Å². The van der Waals surface area contributed by atoms with E-state index in [9.17, 15) is 19.8 Å². The normalized spacial score (nSPS) is 13.9. The highest BCUT2D eigenvalue weighted by atomic mass is 35.5. The van der Waals surface area contributed by atoms with E-state index >= 15 is 0 Å².